The van der Waals surface area contributed by atoms with Crippen LogP contribution in [-0.4, -0.2) is 54.9 Å². The fraction of sp³-hybridized carbons (Fsp3) is 0.478. The van der Waals surface area contributed by atoms with Crippen LogP contribution in [0, 0.1) is 0 Å². The first-order valence-corrected chi connectivity index (χ1v) is 10.8. The molecule has 30 heavy (non-hydrogen) atoms. The lowest BCUT2D eigenvalue weighted by molar-refractivity contribution is 0.404. The summed E-state index contributed by atoms with van der Waals surface area (Å²) >= 11 is 0. The van der Waals surface area contributed by atoms with E-state index in [2.05, 4.69) is 27.5 Å². The number of nitrogens with zero attached hydrogens (tertiary/aromatic N) is 5. The summed E-state index contributed by atoms with van der Waals surface area (Å²) in [5, 5.41) is 1.10. The normalized spacial score (nSPS) is 16.6. The number of benzene rings is 1. The number of hydrogen-bond acceptors (Lipinski definition) is 6. The maximum atomic E-state index is 5.66. The van der Waals surface area contributed by atoms with E-state index in [1.54, 1.807) is 14.2 Å². The number of hydrogen-bond donors (Lipinski definition) is 0. The van der Waals surface area contributed by atoms with Crippen molar-refractivity contribution < 1.29 is 9.47 Å². The molecule has 0 radical (unpaired) electrons. The number of aromatic nitrogens is 3. The van der Waals surface area contributed by atoms with Crippen molar-refractivity contribution in [2.75, 3.05) is 50.2 Å². The van der Waals surface area contributed by atoms with E-state index in [0.717, 1.165) is 71.7 Å². The van der Waals surface area contributed by atoms with Crippen LogP contribution in [0.15, 0.2) is 24.3 Å². The minimum atomic E-state index is 0.805. The fourth-order valence-electron chi connectivity index (χ4n) is 4.67. The van der Waals surface area contributed by atoms with Crippen molar-refractivity contribution in [1.29, 1.82) is 0 Å². The topological polar surface area (TPSA) is 55.7 Å². The van der Waals surface area contributed by atoms with Crippen LogP contribution in [0.2, 0.25) is 0 Å². The van der Waals surface area contributed by atoms with Gasteiger partial charge in [0.1, 0.15) is 23.0 Å². The zero-order valence-electron chi connectivity index (χ0n) is 18.0. The number of aryl methyl sites for hydroxylation is 1. The summed E-state index contributed by atoms with van der Waals surface area (Å²) < 4.78 is 13.3. The predicted octanol–water partition coefficient (Wildman–Crippen LogP) is 3.85. The molecular weight excluding hydrogens is 378 g/mol. The second-order valence-electron chi connectivity index (χ2n) is 8.13. The quantitative estimate of drug-likeness (QED) is 0.640. The Kier molecular flexibility index (Phi) is 4.89. The van der Waals surface area contributed by atoms with Gasteiger partial charge in [0.15, 0.2) is 0 Å². The zero-order valence-corrected chi connectivity index (χ0v) is 18.0. The molecule has 0 unspecified atom stereocenters. The lowest BCUT2D eigenvalue weighted by Crippen LogP contribution is -2.24. The number of rotatable bonds is 5. The van der Waals surface area contributed by atoms with Gasteiger partial charge in [-0.3, -0.25) is 0 Å². The van der Waals surface area contributed by atoms with Gasteiger partial charge in [0.05, 0.1) is 25.3 Å². The van der Waals surface area contributed by atoms with Gasteiger partial charge in [-0.25, -0.2) is 0 Å². The summed E-state index contributed by atoms with van der Waals surface area (Å²) in [6.07, 6.45) is 4.85. The molecule has 2 fully saturated rings. The summed E-state index contributed by atoms with van der Waals surface area (Å²) in [5.41, 5.74) is 3.01. The van der Waals surface area contributed by atoms with Crippen LogP contribution < -0.4 is 19.3 Å². The van der Waals surface area contributed by atoms with Crippen LogP contribution in [-0.2, 0) is 7.05 Å². The Morgan fingerprint density at radius 3 is 2.20 bits per heavy atom. The first-order valence-electron chi connectivity index (χ1n) is 10.8. The van der Waals surface area contributed by atoms with E-state index in [9.17, 15) is 0 Å². The van der Waals surface area contributed by atoms with E-state index in [-0.39, 0.29) is 0 Å². The van der Waals surface area contributed by atoms with Crippen LogP contribution in [0.3, 0.4) is 0 Å². The molecule has 4 heterocycles. The summed E-state index contributed by atoms with van der Waals surface area (Å²) in [6, 6.07) is 8.10. The first kappa shape index (κ1) is 19.0. The van der Waals surface area contributed by atoms with Crippen molar-refractivity contribution in [2.45, 2.75) is 25.7 Å². The minimum absolute atomic E-state index is 0.805. The highest BCUT2D eigenvalue weighted by Crippen LogP contribution is 2.39. The van der Waals surface area contributed by atoms with Crippen LogP contribution in [0.4, 0.5) is 11.8 Å². The molecule has 2 aliphatic heterocycles. The molecule has 0 aliphatic carbocycles. The van der Waals surface area contributed by atoms with Gasteiger partial charge >= 0.3 is 0 Å². The van der Waals surface area contributed by atoms with Gasteiger partial charge in [-0.05, 0) is 49.9 Å². The molecule has 0 amide bonds. The van der Waals surface area contributed by atoms with E-state index in [1.807, 2.05) is 18.2 Å². The molecule has 5 rings (SSSR count). The lowest BCUT2D eigenvalue weighted by Gasteiger charge is -2.21. The van der Waals surface area contributed by atoms with Crippen molar-refractivity contribution in [3.05, 3.63) is 24.3 Å². The van der Waals surface area contributed by atoms with E-state index in [1.165, 1.54) is 25.7 Å². The van der Waals surface area contributed by atoms with Crippen molar-refractivity contribution in [3.8, 4) is 22.8 Å². The van der Waals surface area contributed by atoms with Gasteiger partial charge in [0, 0.05) is 38.8 Å². The van der Waals surface area contributed by atoms with Crippen LogP contribution in [0.5, 0.6) is 11.5 Å². The van der Waals surface area contributed by atoms with Crippen LogP contribution >= 0.6 is 0 Å². The van der Waals surface area contributed by atoms with Crippen molar-refractivity contribution in [1.82, 2.24) is 14.5 Å². The monoisotopic (exact) mass is 407 g/mol. The van der Waals surface area contributed by atoms with E-state index in [4.69, 9.17) is 19.4 Å². The molecule has 158 valence electrons. The highest BCUT2D eigenvalue weighted by molar-refractivity contribution is 5.94. The Hall–Kier alpha value is -2.96. The van der Waals surface area contributed by atoms with Gasteiger partial charge in [-0.15, -0.1) is 0 Å². The predicted molar refractivity (Wildman–Crippen MR) is 120 cm³/mol. The van der Waals surface area contributed by atoms with Gasteiger partial charge in [0.2, 0.25) is 5.95 Å². The van der Waals surface area contributed by atoms with E-state index in [0.29, 0.717) is 0 Å². The summed E-state index contributed by atoms with van der Waals surface area (Å²) in [7, 11) is 5.46. The third-order valence-electron chi connectivity index (χ3n) is 6.33. The second kappa shape index (κ2) is 7.70. The van der Waals surface area contributed by atoms with Gasteiger partial charge in [-0.2, -0.15) is 9.97 Å². The number of fused-ring (bicyclic) bond motifs is 1. The average Bonchev–Trinajstić information content (AvgIpc) is 3.54. The highest BCUT2D eigenvalue weighted by Gasteiger charge is 2.25. The number of anilines is 2. The molecule has 0 N–H and O–H groups in total. The molecular formula is C23H29N5O2. The molecule has 1 aromatic carbocycles. The number of ether oxygens (including phenoxy) is 2. The maximum Gasteiger partial charge on any atom is 0.229 e. The fourth-order valence-corrected chi connectivity index (χ4v) is 4.67. The minimum Gasteiger partial charge on any atom is -0.497 e. The van der Waals surface area contributed by atoms with E-state index < -0.39 is 0 Å². The Balaban J connectivity index is 1.72. The standard InChI is InChI=1S/C23H29N5O2/c1-26-19(17-14-16(29-2)8-9-20(17)30-3)15-18-21(26)24-23(28-12-6-7-13-28)25-22(18)27-10-4-5-11-27/h8-9,14-15H,4-7,10-13H2,1-3H3. The molecule has 0 saturated carbocycles. The summed E-state index contributed by atoms with van der Waals surface area (Å²) in [5.74, 6) is 3.53. The van der Waals surface area contributed by atoms with Crippen LogP contribution in [0.1, 0.15) is 25.7 Å². The van der Waals surface area contributed by atoms with Gasteiger partial charge < -0.3 is 23.8 Å². The molecule has 7 heteroatoms. The van der Waals surface area contributed by atoms with E-state index >= 15 is 0 Å². The first-order chi connectivity index (χ1) is 14.7. The maximum absolute atomic E-state index is 5.66. The SMILES string of the molecule is COc1ccc(OC)c(-c2cc3c(N4CCCC4)nc(N4CCCC4)nc3n2C)c1. The van der Waals surface area contributed by atoms with Crippen LogP contribution in [0.25, 0.3) is 22.3 Å². The van der Waals surface area contributed by atoms with Gasteiger partial charge in [-0.1, -0.05) is 0 Å². The smallest absolute Gasteiger partial charge is 0.229 e. The molecule has 7 nitrogen and oxygen atoms in total. The molecule has 3 aromatic rings. The molecule has 2 aliphatic rings. The van der Waals surface area contributed by atoms with Gasteiger partial charge in [0.25, 0.3) is 0 Å². The second-order valence-corrected chi connectivity index (χ2v) is 8.13. The number of methoxy groups -OCH3 is 2. The summed E-state index contributed by atoms with van der Waals surface area (Å²) in [4.78, 5) is 14.8. The Morgan fingerprint density at radius 1 is 0.833 bits per heavy atom. The zero-order chi connectivity index (χ0) is 20.7. The molecule has 0 bridgehead atoms. The van der Waals surface area contributed by atoms with Crippen molar-refractivity contribution in [2.24, 2.45) is 7.05 Å². The largest absolute Gasteiger partial charge is 0.497 e. The Labute approximate surface area is 177 Å². The van der Waals surface area contributed by atoms with Crippen molar-refractivity contribution in [3.63, 3.8) is 0 Å². The molecule has 0 atom stereocenters. The third-order valence-corrected chi connectivity index (χ3v) is 6.33. The molecule has 2 saturated heterocycles. The summed E-state index contributed by atoms with van der Waals surface area (Å²) in [6.45, 7) is 4.17. The Bertz CT molecular complexity index is 1070. The lowest BCUT2D eigenvalue weighted by atomic mass is 10.1. The highest BCUT2D eigenvalue weighted by atomic mass is 16.5. The molecule has 2 aromatic heterocycles. The third kappa shape index (κ3) is 3.13. The van der Waals surface area contributed by atoms with Crippen molar-refractivity contribution >= 4 is 22.8 Å². The molecule has 0 spiro atoms. The Morgan fingerprint density at radius 2 is 1.53 bits per heavy atom. The average molecular weight is 408 g/mol.